The summed E-state index contributed by atoms with van der Waals surface area (Å²) < 4.78 is 0. The number of carbonyl (C=O) groups is 1. The number of alkyl halides is 1. The number of carbonyl (C=O) groups excluding carboxylic acids is 1. The van der Waals surface area contributed by atoms with Crippen molar-refractivity contribution >= 4 is 28.8 Å². The molecule has 3 rings (SSSR count). The van der Waals surface area contributed by atoms with Crippen LogP contribution in [0.1, 0.15) is 30.5 Å². The fourth-order valence-electron chi connectivity index (χ4n) is 2.55. The van der Waals surface area contributed by atoms with Gasteiger partial charge in [0.2, 0.25) is 5.91 Å². The van der Waals surface area contributed by atoms with Crippen molar-refractivity contribution in [2.75, 3.05) is 6.54 Å². The molecule has 0 N–H and O–H groups in total. The average Bonchev–Trinajstić information content (AvgIpc) is 2.99. The number of thiazole rings is 1. The third-order valence-corrected chi connectivity index (χ3v) is 4.87. The number of nitrogens with zero attached hydrogens (tertiary/aromatic N) is 2. The minimum Gasteiger partial charge on any atom is -0.338 e. The Kier molecular flexibility index (Phi) is 4.56. The van der Waals surface area contributed by atoms with E-state index >= 15 is 0 Å². The van der Waals surface area contributed by atoms with E-state index in [-0.39, 0.29) is 5.91 Å². The quantitative estimate of drug-likeness (QED) is 0.796. The Labute approximate surface area is 133 Å². The highest BCUT2D eigenvalue weighted by Gasteiger charge is 2.18. The van der Waals surface area contributed by atoms with Crippen molar-refractivity contribution in [1.82, 2.24) is 9.88 Å². The molecule has 5 heteroatoms. The van der Waals surface area contributed by atoms with Crippen molar-refractivity contribution in [3.63, 3.8) is 0 Å². The summed E-state index contributed by atoms with van der Waals surface area (Å²) in [5.74, 6) is 0.712. The molecule has 110 valence electrons. The van der Waals surface area contributed by atoms with E-state index in [1.807, 2.05) is 16.3 Å². The Morgan fingerprint density at radius 1 is 1.33 bits per heavy atom. The molecule has 0 atom stereocenters. The molecule has 1 amide bonds. The molecule has 0 saturated carbocycles. The van der Waals surface area contributed by atoms with Crippen molar-refractivity contribution in [1.29, 1.82) is 0 Å². The Morgan fingerprint density at radius 2 is 2.24 bits per heavy atom. The lowest BCUT2D eigenvalue weighted by molar-refractivity contribution is -0.133. The number of aromatic nitrogens is 1. The van der Waals surface area contributed by atoms with Gasteiger partial charge in [-0.25, -0.2) is 4.98 Å². The number of amides is 1. The molecule has 1 aromatic heterocycles. The molecule has 0 spiro atoms. The summed E-state index contributed by atoms with van der Waals surface area (Å²) in [5.41, 5.74) is 3.16. The maximum Gasteiger partial charge on any atom is 0.222 e. The smallest absolute Gasteiger partial charge is 0.222 e. The maximum atomic E-state index is 11.9. The van der Waals surface area contributed by atoms with Crippen molar-refractivity contribution in [3.8, 4) is 10.6 Å². The van der Waals surface area contributed by atoms with E-state index in [1.165, 1.54) is 0 Å². The second kappa shape index (κ2) is 6.58. The summed E-state index contributed by atoms with van der Waals surface area (Å²) in [6.07, 6.45) is 2.82. The number of halogens is 1. The number of hydrogen-bond donors (Lipinski definition) is 0. The molecule has 1 fully saturated rings. The van der Waals surface area contributed by atoms with Crippen LogP contribution in [0.4, 0.5) is 0 Å². The van der Waals surface area contributed by atoms with Crippen LogP contribution in [0.15, 0.2) is 29.6 Å². The van der Waals surface area contributed by atoms with E-state index in [1.54, 1.807) is 11.3 Å². The first-order valence-electron chi connectivity index (χ1n) is 7.14. The molecule has 1 aliphatic heterocycles. The second-order valence-electron chi connectivity index (χ2n) is 5.25. The number of likely N-dealkylation sites (tertiary alicyclic amines) is 1. The van der Waals surface area contributed by atoms with E-state index in [0.717, 1.165) is 41.2 Å². The van der Waals surface area contributed by atoms with Gasteiger partial charge in [-0.15, -0.1) is 22.9 Å². The first kappa shape index (κ1) is 14.5. The lowest BCUT2D eigenvalue weighted by atomic mass is 10.1. The Balaban J connectivity index is 1.78. The molecule has 2 aromatic rings. The minimum atomic E-state index is 0.269. The van der Waals surface area contributed by atoms with Crippen molar-refractivity contribution in [3.05, 3.63) is 40.9 Å². The Hall–Kier alpha value is -1.39. The van der Waals surface area contributed by atoms with Crippen molar-refractivity contribution < 1.29 is 4.79 Å². The zero-order chi connectivity index (χ0) is 14.7. The summed E-state index contributed by atoms with van der Waals surface area (Å²) in [6, 6.07) is 8.28. The largest absolute Gasteiger partial charge is 0.338 e. The third-order valence-electron chi connectivity index (χ3n) is 3.66. The first-order chi connectivity index (χ1) is 10.3. The van der Waals surface area contributed by atoms with Gasteiger partial charge in [0.05, 0.1) is 11.6 Å². The molecule has 0 aliphatic carbocycles. The molecule has 3 nitrogen and oxygen atoms in total. The van der Waals surface area contributed by atoms with Gasteiger partial charge in [-0.2, -0.15) is 0 Å². The van der Waals surface area contributed by atoms with Gasteiger partial charge in [0.25, 0.3) is 0 Å². The van der Waals surface area contributed by atoms with E-state index in [0.29, 0.717) is 18.8 Å². The molecule has 1 aromatic carbocycles. The van der Waals surface area contributed by atoms with E-state index < -0.39 is 0 Å². The molecule has 0 radical (unpaired) electrons. The van der Waals surface area contributed by atoms with Crippen LogP contribution in [-0.4, -0.2) is 22.3 Å². The topological polar surface area (TPSA) is 33.2 Å². The highest BCUT2D eigenvalue weighted by molar-refractivity contribution is 7.13. The fraction of sp³-hybridized carbons (Fsp3) is 0.375. The predicted molar refractivity (Wildman–Crippen MR) is 86.4 cm³/mol. The second-order valence-corrected chi connectivity index (χ2v) is 6.38. The lowest BCUT2D eigenvalue weighted by Crippen LogP contribution is -2.34. The summed E-state index contributed by atoms with van der Waals surface area (Å²) in [4.78, 5) is 18.4. The molecule has 1 saturated heterocycles. The molecular formula is C16H17ClN2OS. The normalized spacial score (nSPS) is 15.5. The van der Waals surface area contributed by atoms with Crippen LogP contribution in [0.3, 0.4) is 0 Å². The van der Waals surface area contributed by atoms with Gasteiger partial charge in [0, 0.05) is 30.5 Å². The zero-order valence-electron chi connectivity index (χ0n) is 11.7. The van der Waals surface area contributed by atoms with E-state index in [9.17, 15) is 4.79 Å². The van der Waals surface area contributed by atoms with E-state index in [2.05, 4.69) is 23.2 Å². The van der Waals surface area contributed by atoms with Gasteiger partial charge >= 0.3 is 0 Å². The molecular weight excluding hydrogens is 304 g/mol. The summed E-state index contributed by atoms with van der Waals surface area (Å²) in [6.45, 7) is 1.57. The van der Waals surface area contributed by atoms with Crippen molar-refractivity contribution in [2.45, 2.75) is 31.7 Å². The lowest BCUT2D eigenvalue weighted by Gasteiger charge is -2.26. The number of benzene rings is 1. The number of piperidine rings is 1. The predicted octanol–water partition coefficient (Wildman–Crippen LogP) is 4.06. The number of hydrogen-bond acceptors (Lipinski definition) is 3. The molecule has 0 unspecified atom stereocenters. The molecule has 1 aliphatic rings. The van der Waals surface area contributed by atoms with Gasteiger partial charge in [0.15, 0.2) is 0 Å². The van der Waals surface area contributed by atoms with Gasteiger partial charge in [-0.3, -0.25) is 4.79 Å². The molecule has 2 heterocycles. The van der Waals surface area contributed by atoms with Crippen LogP contribution in [0.2, 0.25) is 0 Å². The monoisotopic (exact) mass is 320 g/mol. The van der Waals surface area contributed by atoms with Crippen molar-refractivity contribution in [2.24, 2.45) is 0 Å². The SMILES string of the molecule is O=C1CCCCN1Cc1cccc(-c2nc(CCl)cs2)c1. The summed E-state index contributed by atoms with van der Waals surface area (Å²) in [7, 11) is 0. The van der Waals surface area contributed by atoms with Crippen LogP contribution >= 0.6 is 22.9 Å². The van der Waals surface area contributed by atoms with Crippen LogP contribution < -0.4 is 0 Å². The highest BCUT2D eigenvalue weighted by Crippen LogP contribution is 2.26. The summed E-state index contributed by atoms with van der Waals surface area (Å²) >= 11 is 7.41. The minimum absolute atomic E-state index is 0.269. The third kappa shape index (κ3) is 3.44. The standard InChI is InChI=1S/C16H17ClN2OS/c17-9-14-11-21-16(18-14)13-5-3-4-12(8-13)10-19-7-2-1-6-15(19)20/h3-5,8,11H,1-2,6-7,9-10H2. The zero-order valence-corrected chi connectivity index (χ0v) is 13.3. The first-order valence-corrected chi connectivity index (χ1v) is 8.55. The summed E-state index contributed by atoms with van der Waals surface area (Å²) in [5, 5.41) is 2.97. The molecule has 21 heavy (non-hydrogen) atoms. The maximum absolute atomic E-state index is 11.9. The van der Waals surface area contributed by atoms with Gasteiger partial charge in [-0.05, 0) is 24.5 Å². The Morgan fingerprint density at radius 3 is 3.00 bits per heavy atom. The van der Waals surface area contributed by atoms with Gasteiger partial charge in [-0.1, -0.05) is 18.2 Å². The molecule has 0 bridgehead atoms. The Bertz CT molecular complexity index is 641. The average molecular weight is 321 g/mol. The number of rotatable bonds is 4. The van der Waals surface area contributed by atoms with Gasteiger partial charge in [0.1, 0.15) is 5.01 Å². The van der Waals surface area contributed by atoms with Crippen LogP contribution in [0.25, 0.3) is 10.6 Å². The fourth-order valence-corrected chi connectivity index (χ4v) is 3.60. The highest BCUT2D eigenvalue weighted by atomic mass is 35.5. The van der Waals surface area contributed by atoms with Crippen LogP contribution in [0.5, 0.6) is 0 Å². The van der Waals surface area contributed by atoms with Gasteiger partial charge < -0.3 is 4.90 Å². The van der Waals surface area contributed by atoms with E-state index in [4.69, 9.17) is 11.6 Å². The van der Waals surface area contributed by atoms with Crippen LogP contribution in [-0.2, 0) is 17.2 Å². The van der Waals surface area contributed by atoms with Crippen LogP contribution in [0, 0.1) is 0 Å².